The Bertz CT molecular complexity index is 579. The number of aryl methyl sites for hydroxylation is 1. The summed E-state index contributed by atoms with van der Waals surface area (Å²) in [4.78, 5) is 16.3. The minimum absolute atomic E-state index is 0.0424. The van der Waals surface area contributed by atoms with Crippen LogP contribution in [0.25, 0.3) is 0 Å². The first-order valence-electron chi connectivity index (χ1n) is 6.61. The fourth-order valence-corrected chi connectivity index (χ4v) is 2.16. The lowest BCUT2D eigenvalue weighted by molar-refractivity contribution is 0.0925. The molecule has 6 heteroatoms. The van der Waals surface area contributed by atoms with E-state index < -0.39 is 0 Å². The van der Waals surface area contributed by atoms with Crippen LogP contribution in [0.5, 0.6) is 0 Å². The quantitative estimate of drug-likeness (QED) is 0.881. The summed E-state index contributed by atoms with van der Waals surface area (Å²) in [6, 6.07) is 7.87. The maximum absolute atomic E-state index is 12.1. The number of nitrogens with one attached hydrogen (secondary N) is 2. The van der Waals surface area contributed by atoms with Crippen molar-refractivity contribution in [1.29, 1.82) is 0 Å². The summed E-state index contributed by atoms with van der Waals surface area (Å²) in [7, 11) is 0. The molecule has 0 aliphatic rings. The molecular weight excluding hydrogens is 320 g/mol. The van der Waals surface area contributed by atoms with Gasteiger partial charge in [-0.25, -0.2) is 4.98 Å². The molecule has 0 aliphatic carbocycles. The predicted molar refractivity (Wildman–Crippen MR) is 80.4 cm³/mol. The molecule has 1 heterocycles. The van der Waals surface area contributed by atoms with E-state index in [0.717, 1.165) is 22.9 Å². The van der Waals surface area contributed by atoms with E-state index in [1.165, 1.54) is 0 Å². The third-order valence-corrected chi connectivity index (χ3v) is 3.58. The smallest absolute Gasteiger partial charge is 0.291 e. The topological polar surface area (TPSA) is 70.7 Å². The minimum Gasteiger partial charge on any atom is -0.342 e. The molecule has 2 N–H and O–H groups in total. The highest BCUT2D eigenvalue weighted by molar-refractivity contribution is 9.10. The number of halogens is 1. The van der Waals surface area contributed by atoms with Crippen molar-refractivity contribution >= 4 is 21.8 Å². The van der Waals surface area contributed by atoms with Gasteiger partial charge >= 0.3 is 0 Å². The fourth-order valence-electron chi connectivity index (χ4n) is 1.89. The zero-order chi connectivity index (χ0) is 14.5. The third-order valence-electron chi connectivity index (χ3n) is 3.06. The number of hydrogen-bond acceptors (Lipinski definition) is 3. The van der Waals surface area contributed by atoms with Gasteiger partial charge in [0.1, 0.15) is 5.82 Å². The van der Waals surface area contributed by atoms with Crippen molar-refractivity contribution in [1.82, 2.24) is 20.5 Å². The number of benzene rings is 1. The van der Waals surface area contributed by atoms with Crippen molar-refractivity contribution in [2.75, 3.05) is 0 Å². The number of hydrogen-bond donors (Lipinski definition) is 2. The van der Waals surface area contributed by atoms with Crippen molar-refractivity contribution in [3.05, 3.63) is 46.0 Å². The lowest BCUT2D eigenvalue weighted by Gasteiger charge is -2.16. The Hall–Kier alpha value is -1.69. The fraction of sp³-hybridized carbons (Fsp3) is 0.357. The number of carbonyl (C=O) groups is 1. The largest absolute Gasteiger partial charge is 0.342 e. The van der Waals surface area contributed by atoms with Crippen molar-refractivity contribution < 1.29 is 4.79 Å². The number of rotatable bonds is 5. The van der Waals surface area contributed by atoms with Crippen molar-refractivity contribution in [3.8, 4) is 0 Å². The van der Waals surface area contributed by atoms with Crippen LogP contribution in [0.4, 0.5) is 0 Å². The number of H-pyrrole nitrogens is 1. The van der Waals surface area contributed by atoms with Crippen LogP contribution in [0, 0.1) is 0 Å². The third kappa shape index (κ3) is 3.45. The summed E-state index contributed by atoms with van der Waals surface area (Å²) in [6.07, 6.45) is 1.53. The number of aromatic nitrogens is 3. The van der Waals surface area contributed by atoms with Crippen LogP contribution in [0.15, 0.2) is 28.7 Å². The maximum atomic E-state index is 12.1. The Morgan fingerprint density at radius 1 is 1.35 bits per heavy atom. The summed E-state index contributed by atoms with van der Waals surface area (Å²) in [6.45, 7) is 3.99. The van der Waals surface area contributed by atoms with E-state index in [1.54, 1.807) is 0 Å². The Morgan fingerprint density at radius 2 is 2.05 bits per heavy atom. The van der Waals surface area contributed by atoms with Gasteiger partial charge < -0.3 is 5.32 Å². The molecule has 1 unspecified atom stereocenters. The standard InChI is InChI=1S/C14H17BrN4O/c1-3-11(9-5-7-10(15)8-6-9)16-14(20)13-17-12(4-2)18-19-13/h5-8,11H,3-4H2,1-2H3,(H,16,20)(H,17,18,19). The first-order chi connectivity index (χ1) is 9.63. The van der Waals surface area contributed by atoms with Crippen molar-refractivity contribution in [3.63, 3.8) is 0 Å². The summed E-state index contributed by atoms with van der Waals surface area (Å²) in [5.41, 5.74) is 1.07. The molecule has 0 saturated carbocycles. The van der Waals surface area contributed by atoms with Crippen LogP contribution >= 0.6 is 15.9 Å². The van der Waals surface area contributed by atoms with Gasteiger partial charge in [-0.3, -0.25) is 9.89 Å². The number of aromatic amines is 1. The molecule has 0 fully saturated rings. The van der Waals surface area contributed by atoms with Gasteiger partial charge in [-0.1, -0.05) is 41.9 Å². The molecule has 0 bridgehead atoms. The molecule has 106 valence electrons. The average Bonchev–Trinajstić information content (AvgIpc) is 2.94. The maximum Gasteiger partial charge on any atom is 0.291 e. The molecular formula is C14H17BrN4O. The Labute approximate surface area is 126 Å². The highest BCUT2D eigenvalue weighted by atomic mass is 79.9. The van der Waals surface area contributed by atoms with Crippen LogP contribution < -0.4 is 5.32 Å². The lowest BCUT2D eigenvalue weighted by Crippen LogP contribution is -2.29. The molecule has 0 aliphatic heterocycles. The number of carbonyl (C=O) groups excluding carboxylic acids is 1. The summed E-state index contributed by atoms with van der Waals surface area (Å²) >= 11 is 3.40. The first-order valence-corrected chi connectivity index (χ1v) is 7.41. The molecule has 0 radical (unpaired) electrons. The second-order valence-electron chi connectivity index (χ2n) is 4.45. The van der Waals surface area contributed by atoms with E-state index in [2.05, 4.69) is 36.4 Å². The van der Waals surface area contributed by atoms with E-state index in [9.17, 15) is 4.79 Å². The zero-order valence-corrected chi connectivity index (χ0v) is 13.1. The van der Waals surface area contributed by atoms with Gasteiger partial charge in [0.2, 0.25) is 5.82 Å². The van der Waals surface area contributed by atoms with E-state index in [4.69, 9.17) is 0 Å². The van der Waals surface area contributed by atoms with Gasteiger partial charge in [0.15, 0.2) is 0 Å². The summed E-state index contributed by atoms with van der Waals surface area (Å²) in [5, 5.41) is 9.63. The van der Waals surface area contributed by atoms with Gasteiger partial charge in [0.05, 0.1) is 6.04 Å². The van der Waals surface area contributed by atoms with Gasteiger partial charge in [-0.15, -0.1) is 5.10 Å². The van der Waals surface area contributed by atoms with Crippen molar-refractivity contribution in [2.24, 2.45) is 0 Å². The second-order valence-corrected chi connectivity index (χ2v) is 5.36. The van der Waals surface area contributed by atoms with Crippen LogP contribution in [-0.2, 0) is 6.42 Å². The second kappa shape index (κ2) is 6.65. The average molecular weight is 337 g/mol. The van der Waals surface area contributed by atoms with E-state index in [-0.39, 0.29) is 17.8 Å². The monoisotopic (exact) mass is 336 g/mol. The van der Waals surface area contributed by atoms with Crippen LogP contribution in [0.1, 0.15) is 48.3 Å². The molecule has 1 atom stereocenters. The number of nitrogens with zero attached hydrogens (tertiary/aromatic N) is 2. The van der Waals surface area contributed by atoms with Gasteiger partial charge in [0.25, 0.3) is 5.91 Å². The zero-order valence-electron chi connectivity index (χ0n) is 11.5. The van der Waals surface area contributed by atoms with E-state index >= 15 is 0 Å². The van der Waals surface area contributed by atoms with Crippen LogP contribution in [0.3, 0.4) is 0 Å². The Balaban J connectivity index is 2.09. The van der Waals surface area contributed by atoms with Gasteiger partial charge in [0, 0.05) is 10.9 Å². The normalized spacial score (nSPS) is 12.2. The van der Waals surface area contributed by atoms with Gasteiger partial charge in [-0.05, 0) is 24.1 Å². The molecule has 1 aromatic carbocycles. The van der Waals surface area contributed by atoms with Crippen molar-refractivity contribution in [2.45, 2.75) is 32.7 Å². The summed E-state index contributed by atoms with van der Waals surface area (Å²) < 4.78 is 1.02. The highest BCUT2D eigenvalue weighted by Crippen LogP contribution is 2.19. The molecule has 1 amide bonds. The molecule has 0 spiro atoms. The number of amides is 1. The molecule has 2 aromatic rings. The highest BCUT2D eigenvalue weighted by Gasteiger charge is 2.17. The molecule has 1 aromatic heterocycles. The predicted octanol–water partition coefficient (Wildman–Crippen LogP) is 3.01. The Kier molecular flexibility index (Phi) is 4.89. The van der Waals surface area contributed by atoms with Gasteiger partial charge in [-0.2, -0.15) is 0 Å². The molecule has 5 nitrogen and oxygen atoms in total. The SMILES string of the molecule is CCc1nc(C(=O)NC(CC)c2ccc(Br)cc2)n[nH]1. The van der Waals surface area contributed by atoms with E-state index in [0.29, 0.717) is 5.82 Å². The Morgan fingerprint density at radius 3 is 2.60 bits per heavy atom. The molecule has 20 heavy (non-hydrogen) atoms. The summed E-state index contributed by atoms with van der Waals surface area (Å²) in [5.74, 6) is 0.653. The first kappa shape index (κ1) is 14.7. The minimum atomic E-state index is -0.254. The van der Waals surface area contributed by atoms with Crippen LogP contribution in [0.2, 0.25) is 0 Å². The van der Waals surface area contributed by atoms with Crippen LogP contribution in [-0.4, -0.2) is 21.1 Å². The molecule has 0 saturated heterocycles. The molecule has 2 rings (SSSR count). The van der Waals surface area contributed by atoms with E-state index in [1.807, 2.05) is 38.1 Å². The lowest BCUT2D eigenvalue weighted by atomic mass is 10.0.